The fourth-order valence-electron chi connectivity index (χ4n) is 2.14. The lowest BCUT2D eigenvalue weighted by atomic mass is 9.95. The minimum atomic E-state index is -0.790. The molecule has 0 spiro atoms. The van der Waals surface area contributed by atoms with Gasteiger partial charge in [0.15, 0.2) is 0 Å². The molecule has 4 heteroatoms. The van der Waals surface area contributed by atoms with Crippen molar-refractivity contribution >= 4 is 17.7 Å². The number of aliphatic carboxylic acids is 1. The Balaban J connectivity index is 2.31. The number of carbonyl (C=O) groups is 1. The van der Waals surface area contributed by atoms with Gasteiger partial charge in [0.2, 0.25) is 0 Å². The largest absolute Gasteiger partial charge is 0.480 e. The standard InChI is InChI=1S/C16H25NO2S/c1-4-17-16(3,15(18)19)11-7-8-12-20-14-10-6-5-9-13(14)2/h5-6,9-10,17H,4,7-8,11-12H2,1-3H3,(H,18,19). The number of unbranched alkanes of at least 4 members (excludes halogenated alkanes) is 1. The van der Waals surface area contributed by atoms with Crippen molar-refractivity contribution in [2.45, 2.75) is 50.5 Å². The quantitative estimate of drug-likeness (QED) is 0.538. The van der Waals surface area contributed by atoms with Gasteiger partial charge >= 0.3 is 5.97 Å². The van der Waals surface area contributed by atoms with Crippen molar-refractivity contribution in [1.82, 2.24) is 5.32 Å². The van der Waals surface area contributed by atoms with Gasteiger partial charge in [-0.3, -0.25) is 4.79 Å². The summed E-state index contributed by atoms with van der Waals surface area (Å²) in [5, 5.41) is 12.3. The number of thioether (sulfide) groups is 1. The van der Waals surface area contributed by atoms with Crippen molar-refractivity contribution in [3.8, 4) is 0 Å². The summed E-state index contributed by atoms with van der Waals surface area (Å²) >= 11 is 1.85. The van der Waals surface area contributed by atoms with Gasteiger partial charge in [0.25, 0.3) is 0 Å². The molecule has 20 heavy (non-hydrogen) atoms. The van der Waals surface area contributed by atoms with E-state index in [0.717, 1.165) is 18.6 Å². The van der Waals surface area contributed by atoms with Gasteiger partial charge in [-0.1, -0.05) is 31.5 Å². The van der Waals surface area contributed by atoms with E-state index in [1.807, 2.05) is 24.8 Å². The smallest absolute Gasteiger partial charge is 0.323 e. The maximum absolute atomic E-state index is 11.3. The summed E-state index contributed by atoms with van der Waals surface area (Å²) in [7, 11) is 0. The zero-order valence-electron chi connectivity index (χ0n) is 12.6. The van der Waals surface area contributed by atoms with E-state index in [4.69, 9.17) is 0 Å². The molecule has 2 N–H and O–H groups in total. The molecule has 112 valence electrons. The number of carboxylic acid groups (broad SMARTS) is 1. The average molecular weight is 295 g/mol. The summed E-state index contributed by atoms with van der Waals surface area (Å²) in [5.74, 6) is 0.276. The first-order valence-corrected chi connectivity index (χ1v) is 8.15. The summed E-state index contributed by atoms with van der Waals surface area (Å²) in [6.45, 7) is 6.51. The molecule has 1 atom stereocenters. The highest BCUT2D eigenvalue weighted by Crippen LogP contribution is 2.24. The topological polar surface area (TPSA) is 49.3 Å². The highest BCUT2D eigenvalue weighted by atomic mass is 32.2. The number of rotatable bonds is 9. The maximum atomic E-state index is 11.3. The van der Waals surface area contributed by atoms with Gasteiger partial charge in [0.1, 0.15) is 5.54 Å². The Morgan fingerprint density at radius 2 is 2.05 bits per heavy atom. The third-order valence-corrected chi connectivity index (χ3v) is 4.72. The molecule has 1 rings (SSSR count). The summed E-state index contributed by atoms with van der Waals surface area (Å²) in [5.41, 5.74) is 0.516. The SMILES string of the molecule is CCNC(C)(CCCCSc1ccccc1C)C(=O)O. The van der Waals surface area contributed by atoms with Crippen LogP contribution in [-0.2, 0) is 4.79 Å². The van der Waals surface area contributed by atoms with Crippen LogP contribution in [0.25, 0.3) is 0 Å². The Morgan fingerprint density at radius 1 is 1.35 bits per heavy atom. The molecule has 0 saturated carbocycles. The second-order valence-corrected chi connectivity index (χ2v) is 6.38. The minimum absolute atomic E-state index is 0.671. The molecule has 1 aromatic rings. The van der Waals surface area contributed by atoms with Crippen LogP contribution in [0.3, 0.4) is 0 Å². The summed E-state index contributed by atoms with van der Waals surface area (Å²) < 4.78 is 0. The van der Waals surface area contributed by atoms with Crippen molar-refractivity contribution in [3.63, 3.8) is 0 Å². The number of nitrogens with one attached hydrogen (secondary N) is 1. The van der Waals surface area contributed by atoms with Crippen molar-refractivity contribution in [1.29, 1.82) is 0 Å². The molecule has 1 aromatic carbocycles. The van der Waals surface area contributed by atoms with Crippen LogP contribution in [0.4, 0.5) is 0 Å². The van der Waals surface area contributed by atoms with Gasteiger partial charge < -0.3 is 10.4 Å². The van der Waals surface area contributed by atoms with Crippen LogP contribution in [0.5, 0.6) is 0 Å². The fraction of sp³-hybridized carbons (Fsp3) is 0.562. The first kappa shape index (κ1) is 17.1. The molecule has 1 unspecified atom stereocenters. The monoisotopic (exact) mass is 295 g/mol. The molecule has 0 aromatic heterocycles. The van der Waals surface area contributed by atoms with Crippen LogP contribution in [0.1, 0.15) is 38.7 Å². The third kappa shape index (κ3) is 5.17. The normalized spacial score (nSPS) is 13.9. The average Bonchev–Trinajstić information content (AvgIpc) is 2.40. The highest BCUT2D eigenvalue weighted by Gasteiger charge is 2.30. The van der Waals surface area contributed by atoms with Gasteiger partial charge in [0, 0.05) is 4.90 Å². The molecular formula is C16H25NO2S. The van der Waals surface area contributed by atoms with Crippen molar-refractivity contribution in [2.75, 3.05) is 12.3 Å². The molecule has 0 fully saturated rings. The summed E-state index contributed by atoms with van der Waals surface area (Å²) in [6, 6.07) is 8.37. The Bertz CT molecular complexity index is 436. The minimum Gasteiger partial charge on any atom is -0.480 e. The lowest BCUT2D eigenvalue weighted by Gasteiger charge is -2.25. The zero-order chi connectivity index (χ0) is 15.0. The van der Waals surface area contributed by atoms with Crippen molar-refractivity contribution in [2.24, 2.45) is 0 Å². The molecule has 0 bridgehead atoms. The highest BCUT2D eigenvalue weighted by molar-refractivity contribution is 7.99. The van der Waals surface area contributed by atoms with E-state index in [-0.39, 0.29) is 0 Å². The third-order valence-electron chi connectivity index (χ3n) is 3.46. The van der Waals surface area contributed by atoms with E-state index in [0.29, 0.717) is 13.0 Å². The van der Waals surface area contributed by atoms with Crippen molar-refractivity contribution in [3.05, 3.63) is 29.8 Å². The lowest BCUT2D eigenvalue weighted by Crippen LogP contribution is -2.49. The molecule has 0 amide bonds. The number of likely N-dealkylation sites (N-methyl/N-ethyl adjacent to an activating group) is 1. The predicted molar refractivity (Wildman–Crippen MR) is 85.5 cm³/mol. The molecule has 0 heterocycles. The number of hydrogen-bond donors (Lipinski definition) is 2. The molecular weight excluding hydrogens is 270 g/mol. The predicted octanol–water partition coefficient (Wildman–Crippen LogP) is 3.71. The first-order chi connectivity index (χ1) is 9.49. The summed E-state index contributed by atoms with van der Waals surface area (Å²) in [6.07, 6.45) is 2.63. The van der Waals surface area contributed by atoms with E-state index in [1.54, 1.807) is 6.92 Å². The van der Waals surface area contributed by atoms with Crippen LogP contribution in [0.15, 0.2) is 29.2 Å². The fourth-order valence-corrected chi connectivity index (χ4v) is 3.18. The van der Waals surface area contributed by atoms with Crippen molar-refractivity contribution < 1.29 is 9.90 Å². The molecule has 3 nitrogen and oxygen atoms in total. The Morgan fingerprint density at radius 3 is 2.65 bits per heavy atom. The number of aryl methyl sites for hydroxylation is 1. The molecule has 0 aliphatic rings. The van der Waals surface area contributed by atoms with E-state index in [2.05, 4.69) is 30.4 Å². The van der Waals surface area contributed by atoms with Gasteiger partial charge in [-0.15, -0.1) is 11.8 Å². The van der Waals surface area contributed by atoms with Crippen LogP contribution in [0.2, 0.25) is 0 Å². The van der Waals surface area contributed by atoms with Crippen LogP contribution in [0, 0.1) is 6.92 Å². The van der Waals surface area contributed by atoms with Gasteiger partial charge in [0.05, 0.1) is 0 Å². The summed E-state index contributed by atoms with van der Waals surface area (Å²) in [4.78, 5) is 12.6. The van der Waals surface area contributed by atoms with Gasteiger partial charge in [-0.05, 0) is 50.6 Å². The van der Waals surface area contributed by atoms with E-state index < -0.39 is 11.5 Å². The Hall–Kier alpha value is -1.00. The molecule has 0 aliphatic heterocycles. The second-order valence-electron chi connectivity index (χ2n) is 5.24. The molecule has 0 saturated heterocycles. The molecule has 0 radical (unpaired) electrons. The van der Waals surface area contributed by atoms with Gasteiger partial charge in [-0.25, -0.2) is 0 Å². The van der Waals surface area contributed by atoms with E-state index >= 15 is 0 Å². The van der Waals surface area contributed by atoms with Gasteiger partial charge in [-0.2, -0.15) is 0 Å². The maximum Gasteiger partial charge on any atom is 0.323 e. The number of hydrogen-bond acceptors (Lipinski definition) is 3. The first-order valence-electron chi connectivity index (χ1n) is 7.16. The van der Waals surface area contributed by atoms with Crippen LogP contribution in [-0.4, -0.2) is 28.9 Å². The van der Waals surface area contributed by atoms with E-state index in [1.165, 1.54) is 10.5 Å². The van der Waals surface area contributed by atoms with Crippen LogP contribution < -0.4 is 5.32 Å². The Kier molecular flexibility index (Phi) is 7.10. The molecule has 0 aliphatic carbocycles. The number of benzene rings is 1. The Labute approximate surface area is 126 Å². The lowest BCUT2D eigenvalue weighted by molar-refractivity contribution is -0.144. The van der Waals surface area contributed by atoms with E-state index in [9.17, 15) is 9.90 Å². The zero-order valence-corrected chi connectivity index (χ0v) is 13.4. The van der Waals surface area contributed by atoms with Crippen LogP contribution >= 0.6 is 11.8 Å². The second kappa shape index (κ2) is 8.32. The number of carboxylic acids is 1.